The summed E-state index contributed by atoms with van der Waals surface area (Å²) in [4.78, 5) is 23.2. The molecule has 1 aliphatic heterocycles. The van der Waals surface area contributed by atoms with Gasteiger partial charge in [-0.25, -0.2) is 0 Å². The Morgan fingerprint density at radius 1 is 0.702 bits per heavy atom. The second kappa shape index (κ2) is 42.1. The summed E-state index contributed by atoms with van der Waals surface area (Å²) < 4.78 is 13.0. The van der Waals surface area contributed by atoms with Crippen molar-refractivity contribution in [2.45, 2.75) is 320 Å². The van der Waals surface area contributed by atoms with Crippen molar-refractivity contribution >= 4 is 5.97 Å². The Morgan fingerprint density at radius 3 is 2.00 bits per heavy atom. The molecule has 8 unspecified atom stereocenters. The summed E-state index contributed by atoms with van der Waals surface area (Å²) in [6, 6.07) is 6.28. The van der Waals surface area contributed by atoms with Crippen LogP contribution in [0.2, 0.25) is 0 Å². The Morgan fingerprint density at radius 2 is 1.35 bits per heavy atom. The summed E-state index contributed by atoms with van der Waals surface area (Å²) in [6.45, 7) is 33.0. The van der Waals surface area contributed by atoms with Gasteiger partial charge < -0.3 is 19.7 Å². The van der Waals surface area contributed by atoms with Crippen LogP contribution in [0.3, 0.4) is 0 Å². The number of allylic oxidation sites excluding steroid dienone is 4. The minimum Gasteiger partial charge on any atom is -0.495 e. The van der Waals surface area contributed by atoms with E-state index in [2.05, 4.69) is 107 Å². The highest BCUT2D eigenvalue weighted by Crippen LogP contribution is 2.67. The van der Waals surface area contributed by atoms with Crippen LogP contribution in [0.1, 0.15) is 307 Å². The Labute approximate surface area is 521 Å². The smallest absolute Gasteiger partial charge is 0.306 e. The van der Waals surface area contributed by atoms with Crippen molar-refractivity contribution < 1.29 is 14.3 Å². The van der Waals surface area contributed by atoms with Gasteiger partial charge >= 0.3 is 5.97 Å². The molecule has 0 bridgehead atoms. The summed E-state index contributed by atoms with van der Waals surface area (Å²) in [5.74, 6) is 6.35. The van der Waals surface area contributed by atoms with E-state index >= 15 is 0 Å². The van der Waals surface area contributed by atoms with E-state index in [9.17, 15) is 4.79 Å². The molecule has 3 saturated carbocycles. The van der Waals surface area contributed by atoms with Crippen molar-refractivity contribution in [1.29, 1.82) is 0 Å². The molecule has 1 aromatic heterocycles. The minimum atomic E-state index is 0. The van der Waals surface area contributed by atoms with Crippen molar-refractivity contribution in [2.75, 3.05) is 39.3 Å². The topological polar surface area (TPSA) is 66.9 Å². The van der Waals surface area contributed by atoms with Crippen LogP contribution in [0.25, 0.3) is 0 Å². The number of nitrogens with zero attached hydrogens (tertiary/aromatic N) is 3. The number of unbranched alkanes of at least 4 members (excludes halogenated alkanes) is 16. The number of hydrogen-bond donors (Lipinski definition) is 1. The van der Waals surface area contributed by atoms with Crippen molar-refractivity contribution in [2.24, 2.45) is 46.3 Å². The number of carbonyl (C=O) groups excluding carboxylic acids is 1. The number of ether oxygens (including phenoxy) is 2. The fraction of sp³-hybridized carbons (Fsp3) is 0.818. The lowest BCUT2D eigenvalue weighted by Gasteiger charge is -2.58. The number of pyridine rings is 1. The van der Waals surface area contributed by atoms with Crippen LogP contribution in [0.5, 0.6) is 0 Å². The largest absolute Gasteiger partial charge is 0.495 e. The molecule has 0 amide bonds. The Bertz CT molecular complexity index is 1960. The van der Waals surface area contributed by atoms with Crippen LogP contribution in [0, 0.1) is 46.3 Å². The first-order chi connectivity index (χ1) is 40.4. The average Bonchev–Trinajstić information content (AvgIpc) is 1.58. The van der Waals surface area contributed by atoms with Crippen LogP contribution in [-0.4, -0.2) is 72.2 Å². The van der Waals surface area contributed by atoms with Gasteiger partial charge in [0.05, 0.1) is 11.5 Å². The van der Waals surface area contributed by atoms with Gasteiger partial charge in [0, 0.05) is 57.3 Å². The summed E-state index contributed by atoms with van der Waals surface area (Å²) in [6.07, 6.45) is 56.1. The first-order valence-corrected chi connectivity index (χ1v) is 36.1. The standard InChI is InChI=1S/C74H126N4O3.C2H6.CH4/c1-9-11-13-15-17-24-40-66(41-25-18-16-14-12-10-2)81-72(79)42-26-20-22-32-54-77(55-34-56-78(58-64-38-27-29-51-75-64)59-65-39-28-30-52-76-65)53-31-21-19-23-37-62(6)80-67-47-49-73(7)63(57-67)43-44-68-70-46-45-69(61(5)36-33-35-60(3)4)74(70,8)50-48-71(68)73;1-2;/h27-30,38-39,43,51,60-61,66-71,76H,6,9-26,31-37,40-42,44-50,52-59H2,1-5,7-8H3;1-2H3;1H4. The SMILES string of the molecule is C.C=C(CCCCCCN(CCCCCCC(=O)OC(CCCCCCCC)CCCCCCCC)CCCN(CC1=CC=CCN1)Cc1ccccn1)OC1CCC2(C)C(=CCC3C2CCC2(C)C(C(C)CCCC(C)C)CCC32)C1.CC. The average molecular weight is 1170 g/mol. The first kappa shape index (κ1) is 73.6. The summed E-state index contributed by atoms with van der Waals surface area (Å²) in [5, 5.41) is 3.59. The van der Waals surface area contributed by atoms with E-state index in [1.54, 1.807) is 5.57 Å². The van der Waals surface area contributed by atoms with E-state index in [1.165, 1.54) is 179 Å². The number of aromatic nitrogens is 1. The van der Waals surface area contributed by atoms with Gasteiger partial charge in [-0.15, -0.1) is 0 Å². The van der Waals surface area contributed by atoms with Gasteiger partial charge in [0.2, 0.25) is 0 Å². The molecule has 6 rings (SSSR count). The third-order valence-electron chi connectivity index (χ3n) is 21.3. The second-order valence-corrected chi connectivity index (χ2v) is 28.1. The van der Waals surface area contributed by atoms with Crippen LogP contribution in [0.4, 0.5) is 0 Å². The molecule has 0 saturated heterocycles. The molecule has 7 heteroatoms. The predicted molar refractivity (Wildman–Crippen MR) is 363 cm³/mol. The molecule has 0 radical (unpaired) electrons. The Balaban J connectivity index is 0.00000499. The molecule has 7 nitrogen and oxygen atoms in total. The zero-order chi connectivity index (χ0) is 59.6. The first-order valence-electron chi connectivity index (χ1n) is 36.1. The van der Waals surface area contributed by atoms with E-state index in [0.29, 0.717) is 23.4 Å². The molecule has 1 N–H and O–H groups in total. The van der Waals surface area contributed by atoms with E-state index in [4.69, 9.17) is 14.5 Å². The lowest BCUT2D eigenvalue weighted by Crippen LogP contribution is -2.51. The molecule has 0 aromatic carbocycles. The molecule has 3 fully saturated rings. The number of rotatable bonds is 44. The van der Waals surface area contributed by atoms with Gasteiger partial charge in [-0.3, -0.25) is 14.7 Å². The van der Waals surface area contributed by atoms with Gasteiger partial charge in [0.25, 0.3) is 0 Å². The molecule has 1 aromatic rings. The molecule has 4 aliphatic carbocycles. The zero-order valence-corrected chi connectivity index (χ0v) is 55.9. The molecule has 2 heterocycles. The normalized spacial score (nSPS) is 23.8. The molecule has 482 valence electrons. The maximum absolute atomic E-state index is 13.2. The van der Waals surface area contributed by atoms with Gasteiger partial charge in [0.15, 0.2) is 0 Å². The third-order valence-corrected chi connectivity index (χ3v) is 21.3. The van der Waals surface area contributed by atoms with Gasteiger partial charge in [0.1, 0.15) is 12.2 Å². The molecule has 84 heavy (non-hydrogen) atoms. The van der Waals surface area contributed by atoms with Gasteiger partial charge in [-0.1, -0.05) is 215 Å². The van der Waals surface area contributed by atoms with Crippen LogP contribution >= 0.6 is 0 Å². The second-order valence-electron chi connectivity index (χ2n) is 28.1. The molecule has 8 atom stereocenters. The number of dihydropyridines is 1. The molecule has 0 spiro atoms. The molecule has 5 aliphatic rings. The molecular formula is C77H136N4O3. The minimum absolute atomic E-state index is 0. The highest BCUT2D eigenvalue weighted by molar-refractivity contribution is 5.69. The number of esters is 1. The number of carbonyl (C=O) groups is 1. The zero-order valence-electron chi connectivity index (χ0n) is 55.9. The van der Waals surface area contributed by atoms with E-state index < -0.39 is 0 Å². The van der Waals surface area contributed by atoms with E-state index in [0.717, 1.165) is 144 Å². The Hall–Kier alpha value is -2.90. The van der Waals surface area contributed by atoms with Crippen molar-refractivity contribution in [3.63, 3.8) is 0 Å². The lowest BCUT2D eigenvalue weighted by molar-refractivity contribution is -0.150. The van der Waals surface area contributed by atoms with E-state index in [-0.39, 0.29) is 19.5 Å². The fourth-order valence-corrected chi connectivity index (χ4v) is 16.5. The van der Waals surface area contributed by atoms with E-state index in [1.807, 2.05) is 26.1 Å². The van der Waals surface area contributed by atoms with Gasteiger partial charge in [-0.05, 0) is 187 Å². The Kier molecular flexibility index (Phi) is 36.9. The van der Waals surface area contributed by atoms with Crippen molar-refractivity contribution in [1.82, 2.24) is 20.1 Å². The summed E-state index contributed by atoms with van der Waals surface area (Å²) in [5.41, 5.74) is 5.06. The lowest BCUT2D eigenvalue weighted by atomic mass is 9.47. The quantitative estimate of drug-likeness (QED) is 0.0302. The fourth-order valence-electron chi connectivity index (χ4n) is 16.5. The van der Waals surface area contributed by atoms with Crippen LogP contribution in [0.15, 0.2) is 72.3 Å². The van der Waals surface area contributed by atoms with Crippen LogP contribution < -0.4 is 5.32 Å². The number of hydrogen-bond acceptors (Lipinski definition) is 7. The maximum Gasteiger partial charge on any atom is 0.306 e. The number of nitrogens with one attached hydrogen (secondary N) is 1. The monoisotopic (exact) mass is 1170 g/mol. The maximum atomic E-state index is 13.2. The van der Waals surface area contributed by atoms with Gasteiger partial charge in [-0.2, -0.15) is 0 Å². The van der Waals surface area contributed by atoms with Crippen LogP contribution in [-0.2, 0) is 20.8 Å². The van der Waals surface area contributed by atoms with Crippen molar-refractivity contribution in [3.05, 3.63) is 78.0 Å². The third kappa shape index (κ3) is 25.7. The number of fused-ring (bicyclic) bond motifs is 5. The molecular weight excluding hydrogens is 1030 g/mol. The summed E-state index contributed by atoms with van der Waals surface area (Å²) >= 11 is 0. The summed E-state index contributed by atoms with van der Waals surface area (Å²) in [7, 11) is 0. The highest BCUT2D eigenvalue weighted by atomic mass is 16.5. The van der Waals surface area contributed by atoms with Crippen molar-refractivity contribution in [3.8, 4) is 0 Å². The highest BCUT2D eigenvalue weighted by Gasteiger charge is 2.59. The predicted octanol–water partition coefficient (Wildman–Crippen LogP) is 21.5.